The summed E-state index contributed by atoms with van der Waals surface area (Å²) in [6.07, 6.45) is 6.62. The van der Waals surface area contributed by atoms with Crippen LogP contribution in [0.4, 0.5) is 5.69 Å². The molecular formula is C18H23N3O4S. The molecular weight excluding hydrogens is 354 g/mol. The summed E-state index contributed by atoms with van der Waals surface area (Å²) in [6.45, 7) is 1.43. The molecule has 1 aliphatic rings. The van der Waals surface area contributed by atoms with Crippen LogP contribution >= 0.6 is 0 Å². The molecule has 1 aromatic carbocycles. The average molecular weight is 377 g/mol. The summed E-state index contributed by atoms with van der Waals surface area (Å²) < 4.78 is 31.8. The highest BCUT2D eigenvalue weighted by atomic mass is 32.2. The lowest BCUT2D eigenvalue weighted by Crippen LogP contribution is -2.24. The second-order valence-electron chi connectivity index (χ2n) is 6.37. The maximum atomic E-state index is 12.2. The van der Waals surface area contributed by atoms with Crippen LogP contribution in [0.1, 0.15) is 25.7 Å². The number of nitrogens with zero attached hydrogens (tertiary/aromatic N) is 2. The van der Waals surface area contributed by atoms with Gasteiger partial charge in [0.1, 0.15) is 0 Å². The van der Waals surface area contributed by atoms with E-state index in [1.807, 2.05) is 0 Å². The van der Waals surface area contributed by atoms with E-state index in [1.54, 1.807) is 35.3 Å². The fourth-order valence-corrected chi connectivity index (χ4v) is 4.15. The van der Waals surface area contributed by atoms with Crippen LogP contribution in [-0.4, -0.2) is 42.6 Å². The highest BCUT2D eigenvalue weighted by Crippen LogP contribution is 2.16. The summed E-state index contributed by atoms with van der Waals surface area (Å²) >= 11 is 0. The summed E-state index contributed by atoms with van der Waals surface area (Å²) in [5.74, 6) is -0.578. The summed E-state index contributed by atoms with van der Waals surface area (Å²) in [7, 11) is -3.46. The molecule has 0 aliphatic carbocycles. The van der Waals surface area contributed by atoms with Crippen LogP contribution in [0.2, 0.25) is 0 Å². The Morgan fingerprint density at radius 3 is 2.81 bits per heavy atom. The van der Waals surface area contributed by atoms with Crippen molar-refractivity contribution in [3.63, 3.8) is 0 Å². The lowest BCUT2D eigenvalue weighted by Gasteiger charge is -2.22. The molecule has 2 heterocycles. The summed E-state index contributed by atoms with van der Waals surface area (Å²) in [4.78, 5) is 12.3. The van der Waals surface area contributed by atoms with Gasteiger partial charge in [0.15, 0.2) is 9.84 Å². The Hall–Kier alpha value is -2.19. The SMILES string of the molecule is O=C(CCS(=O)(=O)c1ccccc1)Nc1cnn(CC2CCCCO2)c1. The number of rotatable bonds is 7. The molecule has 1 atom stereocenters. The molecule has 3 rings (SSSR count). The fraction of sp³-hybridized carbons (Fsp3) is 0.444. The summed E-state index contributed by atoms with van der Waals surface area (Å²) in [6, 6.07) is 8.14. The molecule has 0 saturated carbocycles. The zero-order valence-corrected chi connectivity index (χ0v) is 15.3. The summed E-state index contributed by atoms with van der Waals surface area (Å²) in [5.41, 5.74) is 0.558. The molecule has 0 radical (unpaired) electrons. The van der Waals surface area contributed by atoms with Gasteiger partial charge in [0, 0.05) is 19.2 Å². The predicted octanol–water partition coefficient (Wildman–Crippen LogP) is 2.25. The number of aromatic nitrogens is 2. The molecule has 2 aromatic rings. The van der Waals surface area contributed by atoms with Crippen molar-refractivity contribution in [1.82, 2.24) is 9.78 Å². The zero-order valence-electron chi connectivity index (χ0n) is 14.5. The Kier molecular flexibility index (Phi) is 6.05. The van der Waals surface area contributed by atoms with Gasteiger partial charge in [0.2, 0.25) is 5.91 Å². The lowest BCUT2D eigenvalue weighted by atomic mass is 10.1. The topological polar surface area (TPSA) is 90.3 Å². The van der Waals surface area contributed by atoms with Gasteiger partial charge in [-0.05, 0) is 31.4 Å². The quantitative estimate of drug-likeness (QED) is 0.799. The largest absolute Gasteiger partial charge is 0.376 e. The first-order chi connectivity index (χ1) is 12.5. The molecule has 7 nitrogen and oxygen atoms in total. The number of anilines is 1. The van der Waals surface area contributed by atoms with E-state index in [9.17, 15) is 13.2 Å². The number of nitrogens with one attached hydrogen (secondary N) is 1. The van der Waals surface area contributed by atoms with Gasteiger partial charge in [0.05, 0.1) is 35.2 Å². The van der Waals surface area contributed by atoms with Crippen LogP contribution in [-0.2, 0) is 25.9 Å². The highest BCUT2D eigenvalue weighted by Gasteiger charge is 2.17. The van der Waals surface area contributed by atoms with E-state index in [0.717, 1.165) is 25.9 Å². The standard InChI is InChI=1S/C18H23N3O4S/c22-18(9-11-26(23,24)17-7-2-1-3-8-17)20-15-12-19-21(13-15)14-16-6-4-5-10-25-16/h1-3,7-8,12-13,16H,4-6,9-11,14H2,(H,20,22). The highest BCUT2D eigenvalue weighted by molar-refractivity contribution is 7.91. The Morgan fingerprint density at radius 2 is 2.08 bits per heavy atom. The van der Waals surface area contributed by atoms with Crippen LogP contribution < -0.4 is 5.32 Å². The van der Waals surface area contributed by atoms with Crippen LogP contribution in [0.15, 0.2) is 47.6 Å². The fourth-order valence-electron chi connectivity index (χ4n) is 2.88. The van der Waals surface area contributed by atoms with E-state index in [0.29, 0.717) is 12.2 Å². The van der Waals surface area contributed by atoms with E-state index in [4.69, 9.17) is 4.74 Å². The van der Waals surface area contributed by atoms with Gasteiger partial charge >= 0.3 is 0 Å². The van der Waals surface area contributed by atoms with Crippen molar-refractivity contribution in [3.8, 4) is 0 Å². The van der Waals surface area contributed by atoms with Gasteiger partial charge in [0.25, 0.3) is 0 Å². The molecule has 1 saturated heterocycles. The van der Waals surface area contributed by atoms with Crippen molar-refractivity contribution >= 4 is 21.4 Å². The van der Waals surface area contributed by atoms with E-state index in [-0.39, 0.29) is 29.1 Å². The van der Waals surface area contributed by atoms with Crippen molar-refractivity contribution in [2.45, 2.75) is 43.2 Å². The van der Waals surface area contributed by atoms with E-state index >= 15 is 0 Å². The lowest BCUT2D eigenvalue weighted by molar-refractivity contribution is -0.115. The van der Waals surface area contributed by atoms with Gasteiger partial charge < -0.3 is 10.1 Å². The second-order valence-corrected chi connectivity index (χ2v) is 8.48. The Labute approximate surface area is 153 Å². The number of carbonyl (C=O) groups excluding carboxylic acids is 1. The molecule has 1 aliphatic heterocycles. The molecule has 1 N–H and O–H groups in total. The molecule has 26 heavy (non-hydrogen) atoms. The molecule has 0 bridgehead atoms. The zero-order chi connectivity index (χ0) is 18.4. The predicted molar refractivity (Wildman–Crippen MR) is 97.6 cm³/mol. The maximum Gasteiger partial charge on any atom is 0.225 e. The number of sulfone groups is 1. The Morgan fingerprint density at radius 1 is 1.27 bits per heavy atom. The number of carbonyl (C=O) groups is 1. The Balaban J connectivity index is 1.49. The first-order valence-electron chi connectivity index (χ1n) is 8.75. The Bertz CT molecular complexity index is 827. The van der Waals surface area contributed by atoms with Crippen LogP contribution in [0, 0.1) is 0 Å². The average Bonchev–Trinajstić information content (AvgIpc) is 3.08. The minimum absolute atomic E-state index is 0.103. The van der Waals surface area contributed by atoms with Gasteiger partial charge in [-0.1, -0.05) is 18.2 Å². The van der Waals surface area contributed by atoms with E-state index in [1.165, 1.54) is 12.1 Å². The van der Waals surface area contributed by atoms with E-state index < -0.39 is 9.84 Å². The van der Waals surface area contributed by atoms with Crippen LogP contribution in [0.5, 0.6) is 0 Å². The van der Waals surface area contributed by atoms with Gasteiger partial charge in [-0.25, -0.2) is 8.42 Å². The smallest absolute Gasteiger partial charge is 0.225 e. The minimum atomic E-state index is -3.46. The molecule has 1 amide bonds. The van der Waals surface area contributed by atoms with E-state index in [2.05, 4.69) is 10.4 Å². The first kappa shape index (κ1) is 18.6. The van der Waals surface area contributed by atoms with Crippen molar-refractivity contribution in [2.75, 3.05) is 17.7 Å². The first-order valence-corrected chi connectivity index (χ1v) is 10.4. The molecule has 0 spiro atoms. The van der Waals surface area contributed by atoms with Crippen molar-refractivity contribution in [2.24, 2.45) is 0 Å². The number of ether oxygens (including phenoxy) is 1. The normalized spacial score (nSPS) is 17.8. The van der Waals surface area contributed by atoms with Gasteiger partial charge in [-0.3, -0.25) is 9.48 Å². The number of benzene rings is 1. The third-order valence-electron chi connectivity index (χ3n) is 4.28. The van der Waals surface area contributed by atoms with Gasteiger partial charge in [-0.15, -0.1) is 0 Å². The number of hydrogen-bond donors (Lipinski definition) is 1. The second kappa shape index (κ2) is 8.46. The minimum Gasteiger partial charge on any atom is -0.376 e. The number of hydrogen-bond acceptors (Lipinski definition) is 5. The third-order valence-corrected chi connectivity index (χ3v) is 6.01. The monoisotopic (exact) mass is 377 g/mol. The number of amides is 1. The molecule has 1 aromatic heterocycles. The molecule has 140 valence electrons. The van der Waals surface area contributed by atoms with Crippen molar-refractivity contribution in [3.05, 3.63) is 42.7 Å². The van der Waals surface area contributed by atoms with Crippen molar-refractivity contribution < 1.29 is 17.9 Å². The molecule has 8 heteroatoms. The molecule has 1 fully saturated rings. The maximum absolute atomic E-state index is 12.2. The van der Waals surface area contributed by atoms with Gasteiger partial charge in [-0.2, -0.15) is 5.10 Å². The summed E-state index contributed by atoms with van der Waals surface area (Å²) in [5, 5.41) is 6.92. The van der Waals surface area contributed by atoms with Crippen LogP contribution in [0.25, 0.3) is 0 Å². The van der Waals surface area contributed by atoms with Crippen LogP contribution in [0.3, 0.4) is 0 Å². The third kappa shape index (κ3) is 5.15. The van der Waals surface area contributed by atoms with Crippen molar-refractivity contribution in [1.29, 1.82) is 0 Å². The molecule has 1 unspecified atom stereocenters.